The molecule has 4 heterocycles. The molecular weight excluding hydrogens is 353 g/mol. The Morgan fingerprint density at radius 1 is 1.38 bits per heavy atom. The minimum Gasteiger partial charge on any atom is -0.372 e. The molecular formula is C15H14F3N6O2. The maximum absolute atomic E-state index is 12.2. The quantitative estimate of drug-likeness (QED) is 0.721. The van der Waals surface area contributed by atoms with E-state index in [9.17, 15) is 13.2 Å². The van der Waals surface area contributed by atoms with Gasteiger partial charge in [-0.1, -0.05) is 0 Å². The van der Waals surface area contributed by atoms with E-state index in [0.717, 1.165) is 12.1 Å². The molecule has 0 aromatic carbocycles. The van der Waals surface area contributed by atoms with Gasteiger partial charge in [-0.2, -0.15) is 10.2 Å². The van der Waals surface area contributed by atoms with Crippen molar-refractivity contribution in [2.24, 2.45) is 0 Å². The Kier molecular flexibility index (Phi) is 4.24. The van der Waals surface area contributed by atoms with E-state index in [1.54, 1.807) is 6.07 Å². The first-order valence-corrected chi connectivity index (χ1v) is 7.77. The van der Waals surface area contributed by atoms with Gasteiger partial charge in [-0.25, -0.2) is 9.50 Å². The lowest BCUT2D eigenvalue weighted by Crippen LogP contribution is -2.13. The van der Waals surface area contributed by atoms with Crippen molar-refractivity contribution in [3.8, 4) is 0 Å². The van der Waals surface area contributed by atoms with Gasteiger partial charge in [0.2, 0.25) is 0 Å². The van der Waals surface area contributed by atoms with Crippen LogP contribution >= 0.6 is 0 Å². The molecule has 137 valence electrons. The number of rotatable bonds is 5. The van der Waals surface area contributed by atoms with Crippen molar-refractivity contribution in [1.29, 1.82) is 0 Å². The first kappa shape index (κ1) is 16.8. The highest BCUT2D eigenvalue weighted by molar-refractivity contribution is 5.72. The molecule has 0 spiro atoms. The van der Waals surface area contributed by atoms with Gasteiger partial charge in [0.25, 0.3) is 0 Å². The van der Waals surface area contributed by atoms with Crippen LogP contribution in [0.25, 0.3) is 5.52 Å². The van der Waals surface area contributed by atoms with Gasteiger partial charge in [0.1, 0.15) is 12.1 Å². The second-order valence-corrected chi connectivity index (χ2v) is 5.66. The molecule has 4 rings (SSSR count). The SMILES string of the molecule is FC(F)(F)OCc1cc2c(Nc3cc([C@H]4C[CH]CO4)[nH]n3)nccn2n1. The standard InChI is InChI=1S/C15H14F3N6O2/c16-15(17,18)26-8-9-6-11-14(19-3-4-24(11)23-9)20-13-7-10(21-22-13)12-2-1-5-25-12/h1,3-4,6-7,12H,2,5,8H2,(H2,19,20,21,22)/t12-/m1/s1. The highest BCUT2D eigenvalue weighted by atomic mass is 19.4. The van der Waals surface area contributed by atoms with Crippen LogP contribution < -0.4 is 5.32 Å². The summed E-state index contributed by atoms with van der Waals surface area (Å²) in [6, 6.07) is 3.28. The highest BCUT2D eigenvalue weighted by Crippen LogP contribution is 2.29. The number of hydrogen-bond acceptors (Lipinski definition) is 6. The molecule has 8 nitrogen and oxygen atoms in total. The fourth-order valence-electron chi connectivity index (χ4n) is 2.67. The predicted octanol–water partition coefficient (Wildman–Crippen LogP) is 2.90. The lowest BCUT2D eigenvalue weighted by Gasteiger charge is -2.04. The number of hydrogen-bond donors (Lipinski definition) is 2. The minimum atomic E-state index is -4.71. The number of nitrogens with one attached hydrogen (secondary N) is 2. The Morgan fingerprint density at radius 2 is 2.27 bits per heavy atom. The molecule has 3 aromatic heterocycles. The molecule has 3 aromatic rings. The van der Waals surface area contributed by atoms with Crippen LogP contribution in [0.15, 0.2) is 24.5 Å². The van der Waals surface area contributed by atoms with Gasteiger partial charge in [-0.15, -0.1) is 13.2 Å². The lowest BCUT2D eigenvalue weighted by atomic mass is 10.2. The fourth-order valence-corrected chi connectivity index (χ4v) is 2.67. The maximum atomic E-state index is 12.2. The summed E-state index contributed by atoms with van der Waals surface area (Å²) in [5.41, 5.74) is 1.47. The smallest absolute Gasteiger partial charge is 0.372 e. The molecule has 1 radical (unpaired) electrons. The molecule has 1 aliphatic heterocycles. The van der Waals surface area contributed by atoms with Crippen LogP contribution in [0.1, 0.15) is 23.9 Å². The Balaban J connectivity index is 1.53. The van der Waals surface area contributed by atoms with Gasteiger partial charge in [-0.05, 0) is 18.9 Å². The molecule has 26 heavy (non-hydrogen) atoms. The Labute approximate surface area is 145 Å². The third-order valence-corrected chi connectivity index (χ3v) is 3.81. The van der Waals surface area contributed by atoms with Gasteiger partial charge in [0.15, 0.2) is 11.6 Å². The zero-order chi connectivity index (χ0) is 18.1. The van der Waals surface area contributed by atoms with Gasteiger partial charge >= 0.3 is 6.36 Å². The van der Waals surface area contributed by atoms with Crippen molar-refractivity contribution in [2.45, 2.75) is 25.5 Å². The number of halogens is 3. The summed E-state index contributed by atoms with van der Waals surface area (Å²) in [6.45, 7) is -0.0708. The van der Waals surface area contributed by atoms with E-state index < -0.39 is 13.0 Å². The number of alkyl halides is 3. The van der Waals surface area contributed by atoms with Crippen LogP contribution in [0, 0.1) is 6.42 Å². The number of nitrogens with zero attached hydrogens (tertiary/aromatic N) is 4. The second kappa shape index (κ2) is 6.57. The van der Waals surface area contributed by atoms with Crippen LogP contribution in [0.3, 0.4) is 0 Å². The summed E-state index contributed by atoms with van der Waals surface area (Å²) in [5, 5.41) is 14.1. The van der Waals surface area contributed by atoms with Crippen molar-refractivity contribution >= 4 is 17.2 Å². The van der Waals surface area contributed by atoms with Crippen molar-refractivity contribution < 1.29 is 22.6 Å². The summed E-state index contributed by atoms with van der Waals surface area (Å²) < 4.78 is 47.3. The molecule has 1 aliphatic rings. The van der Waals surface area contributed by atoms with E-state index in [-0.39, 0.29) is 11.8 Å². The third-order valence-electron chi connectivity index (χ3n) is 3.81. The first-order chi connectivity index (χ1) is 12.5. The lowest BCUT2D eigenvalue weighted by molar-refractivity contribution is -0.330. The molecule has 0 amide bonds. The monoisotopic (exact) mass is 367 g/mol. The Bertz CT molecular complexity index is 900. The number of aromatic amines is 1. The van der Waals surface area contributed by atoms with E-state index in [2.05, 4.69) is 30.3 Å². The van der Waals surface area contributed by atoms with E-state index in [0.29, 0.717) is 23.8 Å². The zero-order valence-corrected chi connectivity index (χ0v) is 13.3. The van der Waals surface area contributed by atoms with E-state index in [1.165, 1.54) is 23.0 Å². The van der Waals surface area contributed by atoms with Crippen LogP contribution in [0.2, 0.25) is 0 Å². The molecule has 0 bridgehead atoms. The van der Waals surface area contributed by atoms with E-state index in [4.69, 9.17) is 4.74 Å². The van der Waals surface area contributed by atoms with Crippen LogP contribution in [-0.2, 0) is 16.1 Å². The zero-order valence-electron chi connectivity index (χ0n) is 13.3. The largest absolute Gasteiger partial charge is 0.522 e. The summed E-state index contributed by atoms with van der Waals surface area (Å²) in [5.74, 6) is 0.931. The van der Waals surface area contributed by atoms with Gasteiger partial charge < -0.3 is 10.1 Å². The van der Waals surface area contributed by atoms with Crippen molar-refractivity contribution in [3.63, 3.8) is 0 Å². The molecule has 0 saturated carbocycles. The minimum absolute atomic E-state index is 0.0529. The molecule has 2 N–H and O–H groups in total. The number of ether oxygens (including phenoxy) is 2. The summed E-state index contributed by atoms with van der Waals surface area (Å²) in [6.07, 6.45) is 1.11. The van der Waals surface area contributed by atoms with E-state index >= 15 is 0 Å². The molecule has 1 fully saturated rings. The molecule has 0 unspecified atom stereocenters. The Hall–Kier alpha value is -2.66. The third kappa shape index (κ3) is 3.63. The topological polar surface area (TPSA) is 89.4 Å². The molecule has 1 saturated heterocycles. The normalized spacial score (nSPS) is 17.9. The number of aromatic nitrogens is 5. The van der Waals surface area contributed by atoms with Crippen molar-refractivity contribution in [2.75, 3.05) is 11.9 Å². The van der Waals surface area contributed by atoms with Gasteiger partial charge in [0, 0.05) is 18.5 Å². The Morgan fingerprint density at radius 3 is 3.04 bits per heavy atom. The van der Waals surface area contributed by atoms with Crippen LogP contribution in [-0.4, -0.2) is 37.8 Å². The average molecular weight is 367 g/mol. The number of anilines is 2. The fraction of sp³-hybridized carbons (Fsp3) is 0.333. The number of H-pyrrole nitrogens is 1. The second-order valence-electron chi connectivity index (χ2n) is 5.66. The number of fused-ring (bicyclic) bond motifs is 1. The average Bonchev–Trinajstić information content (AvgIpc) is 3.32. The summed E-state index contributed by atoms with van der Waals surface area (Å²) >= 11 is 0. The van der Waals surface area contributed by atoms with Crippen LogP contribution in [0.5, 0.6) is 0 Å². The predicted molar refractivity (Wildman–Crippen MR) is 83.3 cm³/mol. The summed E-state index contributed by atoms with van der Waals surface area (Å²) in [4.78, 5) is 4.20. The first-order valence-electron chi connectivity index (χ1n) is 7.77. The maximum Gasteiger partial charge on any atom is 0.522 e. The highest BCUT2D eigenvalue weighted by Gasteiger charge is 2.29. The van der Waals surface area contributed by atoms with Crippen molar-refractivity contribution in [3.05, 3.63) is 42.3 Å². The van der Waals surface area contributed by atoms with Crippen molar-refractivity contribution in [1.82, 2.24) is 24.8 Å². The van der Waals surface area contributed by atoms with Gasteiger partial charge in [-0.3, -0.25) is 9.84 Å². The van der Waals surface area contributed by atoms with E-state index in [1.807, 2.05) is 6.42 Å². The van der Waals surface area contributed by atoms with Crippen LogP contribution in [0.4, 0.5) is 24.8 Å². The molecule has 1 atom stereocenters. The summed E-state index contributed by atoms with van der Waals surface area (Å²) in [7, 11) is 0. The molecule has 0 aliphatic carbocycles. The molecule has 11 heteroatoms. The van der Waals surface area contributed by atoms with Gasteiger partial charge in [0.05, 0.1) is 24.1 Å².